The second kappa shape index (κ2) is 10.9. The maximum atomic E-state index is 13.0. The Balaban J connectivity index is 1.79. The van der Waals surface area contributed by atoms with Gasteiger partial charge in [0.15, 0.2) is 12.4 Å². The predicted octanol–water partition coefficient (Wildman–Crippen LogP) is 6.47. The van der Waals surface area contributed by atoms with E-state index in [1.807, 2.05) is 0 Å². The minimum absolute atomic E-state index is 0.0467. The average Bonchev–Trinajstić information content (AvgIpc) is 2.83. The Labute approximate surface area is 198 Å². The van der Waals surface area contributed by atoms with Gasteiger partial charge in [0.2, 0.25) is 0 Å². The lowest BCUT2D eigenvalue weighted by Crippen LogP contribution is -2.25. The van der Waals surface area contributed by atoms with Crippen LogP contribution in [-0.2, 0) is 4.74 Å². The molecule has 0 aromatic heterocycles. The Morgan fingerprint density at radius 2 is 1.44 bits per heavy atom. The Kier molecular flexibility index (Phi) is 7.96. The molecule has 0 bridgehead atoms. The van der Waals surface area contributed by atoms with Crippen molar-refractivity contribution in [3.05, 3.63) is 101 Å². The van der Waals surface area contributed by atoms with Crippen LogP contribution in [0, 0.1) is 5.41 Å². The van der Waals surface area contributed by atoms with Crippen LogP contribution in [0.5, 0.6) is 0 Å². The smallest absolute Gasteiger partial charge is 0.429 e. The van der Waals surface area contributed by atoms with Crippen LogP contribution < -0.4 is 0 Å². The highest BCUT2D eigenvalue weighted by Gasteiger charge is 2.35. The zero-order valence-corrected chi connectivity index (χ0v) is 18.4. The predicted molar refractivity (Wildman–Crippen MR) is 124 cm³/mol. The molecule has 0 aliphatic rings. The van der Waals surface area contributed by atoms with Crippen molar-refractivity contribution in [2.24, 2.45) is 4.99 Å². The number of carbonyl (C=O) groups is 2. The molecule has 9 heteroatoms. The number of ketones is 1. The van der Waals surface area contributed by atoms with Crippen LogP contribution in [0.25, 0.3) is 0 Å². The number of nitrogens with zero attached hydrogens (tertiary/aromatic N) is 1. The highest BCUT2D eigenvalue weighted by Crippen LogP contribution is 2.27. The van der Waals surface area contributed by atoms with E-state index in [0.29, 0.717) is 5.56 Å². The first-order valence-electron chi connectivity index (χ1n) is 9.97. The first-order chi connectivity index (χ1) is 16.1. The summed E-state index contributed by atoms with van der Waals surface area (Å²) in [6, 6.07) is 20.2. The van der Waals surface area contributed by atoms with Crippen molar-refractivity contribution in [1.82, 2.24) is 0 Å². The molecule has 3 aromatic carbocycles. The summed E-state index contributed by atoms with van der Waals surface area (Å²) < 4.78 is 44.0. The van der Waals surface area contributed by atoms with Gasteiger partial charge in [0.25, 0.3) is 0 Å². The van der Waals surface area contributed by atoms with E-state index >= 15 is 0 Å². The van der Waals surface area contributed by atoms with E-state index in [-0.39, 0.29) is 33.3 Å². The molecule has 0 saturated heterocycles. The van der Waals surface area contributed by atoms with E-state index in [9.17, 15) is 22.8 Å². The largest absolute Gasteiger partial charge is 0.454 e. The number of halogens is 4. The van der Waals surface area contributed by atoms with Gasteiger partial charge in [0.05, 0.1) is 22.0 Å². The molecule has 0 aliphatic heterocycles. The molecule has 0 radical (unpaired) electrons. The van der Waals surface area contributed by atoms with Gasteiger partial charge in [0, 0.05) is 12.0 Å². The maximum Gasteiger partial charge on any atom is 0.429 e. The first-order valence-corrected chi connectivity index (χ1v) is 10.4. The van der Waals surface area contributed by atoms with Crippen LogP contribution in [0.15, 0.2) is 83.9 Å². The SMILES string of the molecule is N=C(CC(=Nc1ccccc1Cl)c1ccc(C(=O)OCC(=O)c2ccccc2)cc1)C(F)(F)F. The zero-order chi connectivity index (χ0) is 24.7. The van der Waals surface area contributed by atoms with Crippen molar-refractivity contribution >= 4 is 40.5 Å². The molecular weight excluding hydrogens is 469 g/mol. The number of carbonyl (C=O) groups excluding carboxylic acids is 2. The van der Waals surface area contributed by atoms with Crippen LogP contribution in [0.4, 0.5) is 18.9 Å². The second-order valence-electron chi connectivity index (χ2n) is 7.11. The summed E-state index contributed by atoms with van der Waals surface area (Å²) in [7, 11) is 0. The highest BCUT2D eigenvalue weighted by atomic mass is 35.5. The molecule has 174 valence electrons. The molecule has 0 spiro atoms. The summed E-state index contributed by atoms with van der Waals surface area (Å²) in [4.78, 5) is 28.6. The quantitative estimate of drug-likeness (QED) is 0.225. The molecule has 3 aromatic rings. The van der Waals surface area contributed by atoms with Crippen LogP contribution in [-0.4, -0.2) is 36.0 Å². The summed E-state index contributed by atoms with van der Waals surface area (Å²) >= 11 is 6.08. The third-order valence-corrected chi connectivity index (χ3v) is 5.00. The number of alkyl halides is 3. The lowest BCUT2D eigenvalue weighted by atomic mass is 10.0. The molecule has 0 unspecified atom stereocenters. The van der Waals surface area contributed by atoms with E-state index in [1.165, 1.54) is 30.3 Å². The van der Waals surface area contributed by atoms with Gasteiger partial charge in [-0.05, 0) is 29.8 Å². The number of hydrogen-bond acceptors (Lipinski definition) is 5. The van der Waals surface area contributed by atoms with E-state index in [1.54, 1.807) is 48.5 Å². The van der Waals surface area contributed by atoms with Crippen LogP contribution >= 0.6 is 11.6 Å². The van der Waals surface area contributed by atoms with Gasteiger partial charge in [0.1, 0.15) is 5.71 Å². The molecule has 0 amide bonds. The summed E-state index contributed by atoms with van der Waals surface area (Å²) in [6.45, 7) is -0.452. The summed E-state index contributed by atoms with van der Waals surface area (Å²) in [5, 5.41) is 7.61. The third kappa shape index (κ3) is 6.62. The Hall–Kier alpha value is -3.78. The van der Waals surface area contributed by atoms with Gasteiger partial charge >= 0.3 is 12.1 Å². The molecule has 0 aliphatic carbocycles. The molecule has 0 heterocycles. The van der Waals surface area contributed by atoms with Crippen molar-refractivity contribution in [3.8, 4) is 0 Å². The Morgan fingerprint density at radius 1 is 0.853 bits per heavy atom. The summed E-state index contributed by atoms with van der Waals surface area (Å²) in [5.74, 6) is -1.13. The number of para-hydroxylation sites is 1. The number of Topliss-reactive ketones (excluding diaryl/α,β-unsaturated/α-hetero) is 1. The van der Waals surface area contributed by atoms with Gasteiger partial charge in [-0.15, -0.1) is 0 Å². The van der Waals surface area contributed by atoms with Crippen LogP contribution in [0.3, 0.4) is 0 Å². The molecule has 1 N–H and O–H groups in total. The van der Waals surface area contributed by atoms with E-state index in [4.69, 9.17) is 21.7 Å². The van der Waals surface area contributed by atoms with Gasteiger partial charge in [-0.1, -0.05) is 66.2 Å². The minimum atomic E-state index is -4.81. The van der Waals surface area contributed by atoms with Gasteiger partial charge in [-0.2, -0.15) is 13.2 Å². The van der Waals surface area contributed by atoms with Crippen LogP contribution in [0.1, 0.15) is 32.7 Å². The number of esters is 1. The fourth-order valence-electron chi connectivity index (χ4n) is 2.88. The molecule has 0 saturated carbocycles. The standard InChI is InChI=1S/C25H18ClF3N2O3/c26-19-8-4-5-9-20(19)31-21(14-23(30)25(27,28)29)16-10-12-18(13-11-16)24(33)34-15-22(32)17-6-2-1-3-7-17/h1-13,30H,14-15H2. The van der Waals surface area contributed by atoms with Gasteiger partial charge in [-0.25, -0.2) is 4.79 Å². The lowest BCUT2D eigenvalue weighted by Gasteiger charge is -2.12. The van der Waals surface area contributed by atoms with Gasteiger partial charge in [-0.3, -0.25) is 9.79 Å². The average molecular weight is 487 g/mol. The normalized spacial score (nSPS) is 11.7. The van der Waals surface area contributed by atoms with Gasteiger partial charge < -0.3 is 10.1 Å². The lowest BCUT2D eigenvalue weighted by molar-refractivity contribution is -0.0605. The maximum absolute atomic E-state index is 13.0. The summed E-state index contributed by atoms with van der Waals surface area (Å²) in [6.07, 6.45) is -5.60. The number of hydrogen-bond donors (Lipinski definition) is 1. The van der Waals surface area contributed by atoms with Crippen LogP contribution in [0.2, 0.25) is 5.02 Å². The van der Waals surface area contributed by atoms with Crippen molar-refractivity contribution in [3.63, 3.8) is 0 Å². The number of nitrogens with one attached hydrogen (secondary N) is 1. The zero-order valence-electron chi connectivity index (χ0n) is 17.6. The Morgan fingerprint density at radius 3 is 2.06 bits per heavy atom. The van der Waals surface area contributed by atoms with E-state index < -0.39 is 30.9 Å². The number of aliphatic imine (C=N–C) groups is 1. The topological polar surface area (TPSA) is 79.6 Å². The number of ether oxygens (including phenoxy) is 1. The fourth-order valence-corrected chi connectivity index (χ4v) is 3.06. The number of rotatable bonds is 8. The molecular formula is C25H18ClF3N2O3. The molecule has 3 rings (SSSR count). The molecule has 0 atom stereocenters. The molecule has 5 nitrogen and oxygen atoms in total. The number of benzene rings is 3. The second-order valence-corrected chi connectivity index (χ2v) is 7.51. The monoisotopic (exact) mass is 486 g/mol. The third-order valence-electron chi connectivity index (χ3n) is 4.68. The van der Waals surface area contributed by atoms with Crippen molar-refractivity contribution in [2.45, 2.75) is 12.6 Å². The first kappa shape index (κ1) is 24.9. The minimum Gasteiger partial charge on any atom is -0.454 e. The molecule has 34 heavy (non-hydrogen) atoms. The molecule has 0 fully saturated rings. The van der Waals surface area contributed by atoms with Crippen molar-refractivity contribution in [1.29, 1.82) is 5.41 Å². The van der Waals surface area contributed by atoms with Crippen molar-refractivity contribution in [2.75, 3.05) is 6.61 Å². The highest BCUT2D eigenvalue weighted by molar-refractivity contribution is 6.33. The summed E-state index contributed by atoms with van der Waals surface area (Å²) in [5.41, 5.74) is -0.496. The van der Waals surface area contributed by atoms with Crippen molar-refractivity contribution < 1.29 is 27.5 Å². The van der Waals surface area contributed by atoms with E-state index in [2.05, 4.69) is 4.99 Å². The van der Waals surface area contributed by atoms with E-state index in [0.717, 1.165) is 0 Å². The fraction of sp³-hybridized carbons (Fsp3) is 0.120. The Bertz CT molecular complexity index is 1220.